The highest BCUT2D eigenvalue weighted by Crippen LogP contribution is 2.46. The van der Waals surface area contributed by atoms with Gasteiger partial charge in [0.1, 0.15) is 12.7 Å². The number of alkyl halides is 9. The number of ether oxygens (including phenoxy) is 6. The third-order valence-corrected chi connectivity index (χ3v) is 9.33. The Labute approximate surface area is 332 Å². The van der Waals surface area contributed by atoms with E-state index < -0.39 is 106 Å². The van der Waals surface area contributed by atoms with Crippen molar-refractivity contribution < 1.29 is 87.4 Å². The zero-order chi connectivity index (χ0) is 44.7. The minimum Gasteiger partial charge on any atom is -0.459 e. The fourth-order valence-corrected chi connectivity index (χ4v) is 6.00. The zero-order valence-electron chi connectivity index (χ0n) is 32.3. The Hall–Kier alpha value is -4.98. The summed E-state index contributed by atoms with van der Waals surface area (Å²) in [4.78, 5) is 40.5. The van der Waals surface area contributed by atoms with Gasteiger partial charge in [-0.2, -0.15) is 39.5 Å². The highest BCUT2D eigenvalue weighted by atomic mass is 19.4. The zero-order valence-corrected chi connectivity index (χ0v) is 32.3. The second kappa shape index (κ2) is 18.5. The van der Waals surface area contributed by atoms with Gasteiger partial charge >= 0.3 is 36.4 Å². The molecule has 0 unspecified atom stereocenters. The van der Waals surface area contributed by atoms with Crippen LogP contribution >= 0.6 is 0 Å². The molecule has 0 aliphatic carbocycles. The summed E-state index contributed by atoms with van der Waals surface area (Å²) in [5.41, 5.74) is -16.2. The fourth-order valence-electron chi connectivity index (χ4n) is 6.00. The molecule has 0 fully saturated rings. The van der Waals surface area contributed by atoms with E-state index in [1.54, 1.807) is 0 Å². The molecule has 0 radical (unpaired) electrons. The van der Waals surface area contributed by atoms with Crippen LogP contribution in [0.2, 0.25) is 0 Å². The van der Waals surface area contributed by atoms with Gasteiger partial charge in [-0.3, -0.25) is 0 Å². The van der Waals surface area contributed by atoms with E-state index in [2.05, 4.69) is 4.74 Å². The van der Waals surface area contributed by atoms with Gasteiger partial charge in [-0.15, -0.1) is 0 Å². The lowest BCUT2D eigenvalue weighted by atomic mass is 9.91. The van der Waals surface area contributed by atoms with Crippen molar-refractivity contribution in [3.05, 3.63) is 119 Å². The van der Waals surface area contributed by atoms with Crippen molar-refractivity contribution in [3.63, 3.8) is 0 Å². The molecule has 3 rings (SSSR count). The SMILES string of the molecule is CO[C@@](C(=O)OC[C@H](OC(=O)[C@](OC)(c1ccccc1)C(F)(F)F)/C(C)=C/C[C@@H](OC(=O)[C@](OC)(c1ccccc1)C(F)(F)F)C(C)(C)O)(c1ccccc1)C(F)(F)F. The van der Waals surface area contributed by atoms with Crippen LogP contribution in [0.4, 0.5) is 39.5 Å². The molecule has 1 N–H and O–H groups in total. The van der Waals surface area contributed by atoms with Gasteiger partial charge in [-0.05, 0) is 26.3 Å². The Morgan fingerprint density at radius 1 is 0.576 bits per heavy atom. The quantitative estimate of drug-likeness (QED) is 0.0623. The maximum absolute atomic E-state index is 14.8. The molecular weight excluding hydrogens is 811 g/mol. The van der Waals surface area contributed by atoms with E-state index in [4.69, 9.17) is 23.7 Å². The van der Waals surface area contributed by atoms with Crippen molar-refractivity contribution in [1.82, 2.24) is 0 Å². The van der Waals surface area contributed by atoms with Gasteiger partial charge in [-0.1, -0.05) is 97.1 Å². The van der Waals surface area contributed by atoms with Crippen LogP contribution in [0.5, 0.6) is 0 Å². The molecule has 19 heteroatoms. The second-order valence-corrected chi connectivity index (χ2v) is 13.5. The molecule has 0 bridgehead atoms. The van der Waals surface area contributed by atoms with Gasteiger partial charge < -0.3 is 33.5 Å². The van der Waals surface area contributed by atoms with Crippen molar-refractivity contribution in [2.24, 2.45) is 0 Å². The maximum atomic E-state index is 14.8. The predicted molar refractivity (Wildman–Crippen MR) is 189 cm³/mol. The molecule has 0 spiro atoms. The Bertz CT molecular complexity index is 1900. The lowest BCUT2D eigenvalue weighted by molar-refractivity contribution is -0.281. The van der Waals surface area contributed by atoms with E-state index in [9.17, 15) is 59.0 Å². The Morgan fingerprint density at radius 3 is 1.20 bits per heavy atom. The summed E-state index contributed by atoms with van der Waals surface area (Å²) in [6, 6.07) is 16.4. The first-order valence-electron chi connectivity index (χ1n) is 17.3. The van der Waals surface area contributed by atoms with Gasteiger partial charge in [0.05, 0.1) is 5.60 Å². The average molecular weight is 853 g/mol. The first-order chi connectivity index (χ1) is 27.3. The van der Waals surface area contributed by atoms with Crippen LogP contribution in [0.3, 0.4) is 0 Å². The number of aliphatic hydroxyl groups is 1. The summed E-state index contributed by atoms with van der Waals surface area (Å²) in [5.74, 6) is -6.33. The molecule has 324 valence electrons. The molecule has 0 saturated heterocycles. The number of halogens is 9. The monoisotopic (exact) mass is 852 g/mol. The molecule has 0 amide bonds. The molecule has 3 aromatic rings. The van der Waals surface area contributed by atoms with E-state index in [-0.39, 0.29) is 0 Å². The molecule has 3 aromatic carbocycles. The molecule has 0 saturated carbocycles. The number of esters is 3. The minimum atomic E-state index is -5.54. The molecule has 5 atom stereocenters. The highest BCUT2D eigenvalue weighted by Gasteiger charge is 2.66. The number of hydrogen-bond acceptors (Lipinski definition) is 10. The van der Waals surface area contributed by atoms with Crippen molar-refractivity contribution in [2.75, 3.05) is 27.9 Å². The summed E-state index contributed by atoms with van der Waals surface area (Å²) in [6.45, 7) is 1.72. The van der Waals surface area contributed by atoms with Crippen LogP contribution in [-0.4, -0.2) is 87.3 Å². The molecule has 10 nitrogen and oxygen atoms in total. The number of rotatable bonds is 17. The fraction of sp³-hybridized carbons (Fsp3) is 0.425. The average Bonchev–Trinajstić information content (AvgIpc) is 3.15. The third-order valence-electron chi connectivity index (χ3n) is 9.33. The van der Waals surface area contributed by atoms with Gasteiger partial charge in [0.2, 0.25) is 0 Å². The predicted octanol–water partition coefficient (Wildman–Crippen LogP) is 7.77. The summed E-state index contributed by atoms with van der Waals surface area (Å²) < 4.78 is 162. The smallest absolute Gasteiger partial charge is 0.432 e. The van der Waals surface area contributed by atoms with E-state index in [1.807, 2.05) is 0 Å². The third kappa shape index (κ3) is 9.74. The molecule has 0 aliphatic rings. The van der Waals surface area contributed by atoms with Crippen LogP contribution in [0.1, 0.15) is 43.9 Å². The Kier molecular flexibility index (Phi) is 15.2. The van der Waals surface area contributed by atoms with Crippen molar-refractivity contribution >= 4 is 17.9 Å². The number of carbonyl (C=O) groups is 3. The van der Waals surface area contributed by atoms with Crippen molar-refractivity contribution in [1.29, 1.82) is 0 Å². The number of benzene rings is 3. The van der Waals surface area contributed by atoms with E-state index in [1.165, 1.54) is 30.3 Å². The minimum absolute atomic E-state index is 0.400. The maximum Gasteiger partial charge on any atom is 0.432 e. The molecule has 0 heterocycles. The molecule has 0 aliphatic heterocycles. The summed E-state index contributed by atoms with van der Waals surface area (Å²) in [7, 11) is 1.68. The lowest BCUT2D eigenvalue weighted by Gasteiger charge is -2.36. The lowest BCUT2D eigenvalue weighted by Crippen LogP contribution is -2.54. The summed E-state index contributed by atoms with van der Waals surface area (Å²) >= 11 is 0. The van der Waals surface area contributed by atoms with Crippen molar-refractivity contribution in [3.8, 4) is 0 Å². The largest absolute Gasteiger partial charge is 0.459 e. The highest BCUT2D eigenvalue weighted by molar-refractivity contribution is 5.84. The normalized spacial score (nSPS) is 17.1. The molecule has 59 heavy (non-hydrogen) atoms. The number of hydrogen-bond donors (Lipinski definition) is 1. The van der Waals surface area contributed by atoms with Crippen LogP contribution in [0.25, 0.3) is 0 Å². The number of carbonyl (C=O) groups excluding carboxylic acids is 3. The number of methoxy groups -OCH3 is 3. The summed E-state index contributed by atoms with van der Waals surface area (Å²) in [5, 5.41) is 10.9. The van der Waals surface area contributed by atoms with Crippen LogP contribution < -0.4 is 0 Å². The van der Waals surface area contributed by atoms with Gasteiger partial charge in [-0.25, -0.2) is 14.4 Å². The summed E-state index contributed by atoms with van der Waals surface area (Å²) in [6.07, 6.45) is -20.4. The van der Waals surface area contributed by atoms with Gasteiger partial charge in [0.15, 0.2) is 6.10 Å². The molecular formula is C40H41F9O10. The van der Waals surface area contributed by atoms with Gasteiger partial charge in [0.25, 0.3) is 16.8 Å². The Morgan fingerprint density at radius 2 is 0.898 bits per heavy atom. The van der Waals surface area contributed by atoms with Crippen LogP contribution in [-0.2, 0) is 59.6 Å². The first-order valence-corrected chi connectivity index (χ1v) is 17.3. The van der Waals surface area contributed by atoms with E-state index in [0.717, 1.165) is 87.5 Å². The van der Waals surface area contributed by atoms with Crippen LogP contribution in [0.15, 0.2) is 103 Å². The van der Waals surface area contributed by atoms with E-state index in [0.29, 0.717) is 21.3 Å². The van der Waals surface area contributed by atoms with Crippen LogP contribution in [0, 0.1) is 0 Å². The first kappa shape index (κ1) is 48.4. The standard InChI is InChI=1S/C40H41F9O10/c1-25(22-23-30(34(2,3)53)59-33(52)37(56-6,40(47,48)49)28-20-14-9-15-21-28)29(58-32(51)36(55-5,39(44,45)46)27-18-12-8-13-19-27)24-57-31(50)35(54-4,38(41,42)43)26-16-10-7-11-17-26/h7-22,29-30,53H,23-24H2,1-6H3/b25-22+/t29-,30+,35+,36+,37+/m0/s1. The van der Waals surface area contributed by atoms with E-state index >= 15 is 0 Å². The molecule has 0 aromatic heterocycles. The Balaban J connectivity index is 2.13. The van der Waals surface area contributed by atoms with Gasteiger partial charge in [0, 0.05) is 44.4 Å². The van der Waals surface area contributed by atoms with Crippen molar-refractivity contribution in [2.45, 2.75) is 80.3 Å². The topological polar surface area (TPSA) is 127 Å². The second-order valence-electron chi connectivity index (χ2n) is 13.5.